The molecule has 0 fully saturated rings. The quantitative estimate of drug-likeness (QED) is 0.750. The van der Waals surface area contributed by atoms with E-state index >= 15 is 0 Å². The van der Waals surface area contributed by atoms with Crippen molar-refractivity contribution in [3.63, 3.8) is 0 Å². The maximum Gasteiger partial charge on any atom is 0.332 e. The van der Waals surface area contributed by atoms with Gasteiger partial charge in [0.1, 0.15) is 11.2 Å². The van der Waals surface area contributed by atoms with Crippen LogP contribution in [0.15, 0.2) is 9.59 Å². The highest BCUT2D eigenvalue weighted by atomic mass is 32.1. The summed E-state index contributed by atoms with van der Waals surface area (Å²) in [5.41, 5.74) is 0.129. The van der Waals surface area contributed by atoms with Crippen molar-refractivity contribution in [2.24, 2.45) is 7.05 Å². The number of aryl methyl sites for hydroxylation is 1. The lowest BCUT2D eigenvalue weighted by atomic mass is 10.4. The summed E-state index contributed by atoms with van der Waals surface area (Å²) in [5, 5.41) is 0. The van der Waals surface area contributed by atoms with E-state index in [0.717, 1.165) is 11.0 Å². The molecule has 2 N–H and O–H groups in total. The first kappa shape index (κ1) is 10.9. The first-order chi connectivity index (χ1) is 7.56. The summed E-state index contributed by atoms with van der Waals surface area (Å²) < 4.78 is 2.95. The minimum Gasteiger partial charge on any atom is -0.325 e. The number of hydrogen-bond acceptors (Lipinski definition) is 3. The SMILES string of the molecule is CCCn1c(=O)n(C)c(=O)c2[nH]c(=S)[nH]c21. The molecule has 2 aromatic heterocycles. The van der Waals surface area contributed by atoms with Gasteiger partial charge in [-0.3, -0.25) is 13.9 Å². The van der Waals surface area contributed by atoms with Gasteiger partial charge in [0.25, 0.3) is 5.56 Å². The number of imidazole rings is 1. The van der Waals surface area contributed by atoms with Crippen LogP contribution in [0.5, 0.6) is 0 Å². The monoisotopic (exact) mass is 240 g/mol. The highest BCUT2D eigenvalue weighted by Gasteiger charge is 2.11. The minimum absolute atomic E-state index is 0.329. The van der Waals surface area contributed by atoms with Crippen molar-refractivity contribution in [3.05, 3.63) is 25.6 Å². The molecule has 0 radical (unpaired) electrons. The van der Waals surface area contributed by atoms with Crippen LogP contribution in [-0.4, -0.2) is 19.1 Å². The number of H-pyrrole nitrogens is 2. The molecule has 2 aromatic rings. The second-order valence-corrected chi connectivity index (χ2v) is 4.01. The third-order valence-electron chi connectivity index (χ3n) is 2.46. The Kier molecular flexibility index (Phi) is 2.55. The molecule has 6 nitrogen and oxygen atoms in total. The smallest absolute Gasteiger partial charge is 0.325 e. The summed E-state index contributed by atoms with van der Waals surface area (Å²) in [6.45, 7) is 2.51. The molecule has 7 heteroatoms. The lowest BCUT2D eigenvalue weighted by molar-refractivity contribution is 0.611. The zero-order valence-electron chi connectivity index (χ0n) is 9.03. The molecule has 0 aliphatic carbocycles. The zero-order chi connectivity index (χ0) is 11.9. The molecule has 0 amide bonds. The van der Waals surface area contributed by atoms with E-state index in [0.29, 0.717) is 22.5 Å². The van der Waals surface area contributed by atoms with Gasteiger partial charge < -0.3 is 9.97 Å². The van der Waals surface area contributed by atoms with Gasteiger partial charge in [-0.25, -0.2) is 4.79 Å². The molecule has 16 heavy (non-hydrogen) atoms. The lowest BCUT2D eigenvalue weighted by Gasteiger charge is -2.06. The van der Waals surface area contributed by atoms with E-state index in [1.54, 1.807) is 0 Å². The first-order valence-corrected chi connectivity index (χ1v) is 5.39. The van der Waals surface area contributed by atoms with E-state index < -0.39 is 0 Å². The average molecular weight is 240 g/mol. The number of hydrogen-bond donors (Lipinski definition) is 2. The van der Waals surface area contributed by atoms with Crippen molar-refractivity contribution in [1.29, 1.82) is 0 Å². The van der Waals surface area contributed by atoms with E-state index in [1.165, 1.54) is 11.6 Å². The predicted octanol–water partition coefficient (Wildman–Crippen LogP) is 0.496. The standard InChI is InChI=1S/C9H12N4O2S/c1-3-4-13-6-5(10-8(16)11-6)7(14)12(2)9(13)15/h3-4H2,1-2H3,(H2,10,11,16). The van der Waals surface area contributed by atoms with Crippen LogP contribution in [0.25, 0.3) is 11.2 Å². The van der Waals surface area contributed by atoms with Gasteiger partial charge in [0.15, 0.2) is 4.77 Å². The molecule has 0 aromatic carbocycles. The molecule has 2 rings (SSSR count). The van der Waals surface area contributed by atoms with Crippen molar-refractivity contribution in [3.8, 4) is 0 Å². The van der Waals surface area contributed by atoms with Gasteiger partial charge in [-0.2, -0.15) is 0 Å². The van der Waals surface area contributed by atoms with Crippen LogP contribution >= 0.6 is 12.2 Å². The number of aromatic amines is 2. The zero-order valence-corrected chi connectivity index (χ0v) is 9.85. The number of rotatable bonds is 2. The van der Waals surface area contributed by atoms with Crippen LogP contribution in [0.2, 0.25) is 0 Å². The highest BCUT2D eigenvalue weighted by Crippen LogP contribution is 2.02. The third-order valence-corrected chi connectivity index (χ3v) is 2.66. The van der Waals surface area contributed by atoms with Gasteiger partial charge in [-0.05, 0) is 18.6 Å². The van der Waals surface area contributed by atoms with E-state index in [4.69, 9.17) is 12.2 Å². The van der Waals surface area contributed by atoms with Gasteiger partial charge in [-0.15, -0.1) is 0 Å². The van der Waals surface area contributed by atoms with E-state index in [2.05, 4.69) is 9.97 Å². The van der Waals surface area contributed by atoms with Crippen molar-refractivity contribution in [2.45, 2.75) is 19.9 Å². The Hall–Kier alpha value is -1.63. The fourth-order valence-electron chi connectivity index (χ4n) is 1.69. The van der Waals surface area contributed by atoms with Crippen molar-refractivity contribution in [1.82, 2.24) is 19.1 Å². The van der Waals surface area contributed by atoms with Crippen LogP contribution in [-0.2, 0) is 13.6 Å². The van der Waals surface area contributed by atoms with Crippen molar-refractivity contribution in [2.75, 3.05) is 0 Å². The van der Waals surface area contributed by atoms with Crippen molar-refractivity contribution >= 4 is 23.4 Å². The molecule has 0 bridgehead atoms. The topological polar surface area (TPSA) is 75.6 Å². The van der Waals surface area contributed by atoms with Crippen LogP contribution in [0, 0.1) is 4.77 Å². The van der Waals surface area contributed by atoms with Crippen LogP contribution in [0.3, 0.4) is 0 Å². The number of aromatic nitrogens is 4. The predicted molar refractivity (Wildman–Crippen MR) is 63.3 cm³/mol. The summed E-state index contributed by atoms with van der Waals surface area (Å²) >= 11 is 4.93. The minimum atomic E-state index is -0.361. The molecule has 0 atom stereocenters. The van der Waals surface area contributed by atoms with Gasteiger partial charge in [0, 0.05) is 13.6 Å². The number of nitrogens with zero attached hydrogens (tertiary/aromatic N) is 2. The molecule has 0 unspecified atom stereocenters. The summed E-state index contributed by atoms with van der Waals surface area (Å²) in [4.78, 5) is 29.2. The van der Waals surface area contributed by atoms with Crippen LogP contribution in [0.4, 0.5) is 0 Å². The summed E-state index contributed by atoms with van der Waals surface area (Å²) in [7, 11) is 1.46. The third kappa shape index (κ3) is 1.44. The normalized spacial score (nSPS) is 11.1. The Labute approximate surface area is 95.5 Å². The Bertz CT molecular complexity index is 703. The van der Waals surface area contributed by atoms with E-state index in [1.807, 2.05) is 6.92 Å². The fourth-order valence-corrected chi connectivity index (χ4v) is 1.89. The van der Waals surface area contributed by atoms with Crippen LogP contribution < -0.4 is 11.2 Å². The Morgan fingerprint density at radius 2 is 2.00 bits per heavy atom. The molecule has 0 spiro atoms. The average Bonchev–Trinajstić information content (AvgIpc) is 2.63. The largest absolute Gasteiger partial charge is 0.332 e. The molecular formula is C9H12N4O2S. The summed E-state index contributed by atoms with van der Waals surface area (Å²) in [6, 6.07) is 0. The number of nitrogens with one attached hydrogen (secondary N) is 2. The summed E-state index contributed by atoms with van der Waals surface area (Å²) in [5.74, 6) is 0. The maximum absolute atomic E-state index is 11.9. The molecular weight excluding hydrogens is 228 g/mol. The maximum atomic E-state index is 11.9. The van der Waals surface area contributed by atoms with E-state index in [9.17, 15) is 9.59 Å². The fraction of sp³-hybridized carbons (Fsp3) is 0.444. The first-order valence-electron chi connectivity index (χ1n) is 4.98. The molecule has 86 valence electrons. The van der Waals surface area contributed by atoms with Crippen molar-refractivity contribution < 1.29 is 0 Å². The van der Waals surface area contributed by atoms with Gasteiger partial charge in [-0.1, -0.05) is 6.92 Å². The Balaban J connectivity index is 3.03. The second kappa shape index (κ2) is 3.75. The molecule has 2 heterocycles. The molecule has 0 aliphatic heterocycles. The van der Waals surface area contributed by atoms with Gasteiger partial charge in [0.2, 0.25) is 0 Å². The Morgan fingerprint density at radius 3 is 2.62 bits per heavy atom. The molecule has 0 saturated carbocycles. The summed E-state index contributed by atoms with van der Waals surface area (Å²) in [6.07, 6.45) is 0.805. The van der Waals surface area contributed by atoms with Gasteiger partial charge >= 0.3 is 5.69 Å². The van der Waals surface area contributed by atoms with E-state index in [-0.39, 0.29) is 11.2 Å². The second-order valence-electron chi connectivity index (χ2n) is 3.60. The highest BCUT2D eigenvalue weighted by molar-refractivity contribution is 7.71. The molecule has 0 saturated heterocycles. The number of fused-ring (bicyclic) bond motifs is 1. The van der Waals surface area contributed by atoms with Gasteiger partial charge in [0.05, 0.1) is 0 Å². The van der Waals surface area contributed by atoms with Crippen LogP contribution in [0.1, 0.15) is 13.3 Å². The lowest BCUT2D eigenvalue weighted by Crippen LogP contribution is -2.38. The molecule has 0 aliphatic rings. The Morgan fingerprint density at radius 1 is 1.31 bits per heavy atom.